The van der Waals surface area contributed by atoms with Crippen LogP contribution in [0.15, 0.2) is 18.2 Å². The Kier molecular flexibility index (Phi) is 3.12. The molecule has 1 amide bonds. The Labute approximate surface area is 112 Å². The van der Waals surface area contributed by atoms with Crippen LogP contribution >= 0.6 is 0 Å². The van der Waals surface area contributed by atoms with Crippen molar-refractivity contribution in [1.82, 2.24) is 5.32 Å². The van der Waals surface area contributed by atoms with Gasteiger partial charge in [-0.2, -0.15) is 5.26 Å². The zero-order valence-electron chi connectivity index (χ0n) is 10.8. The summed E-state index contributed by atoms with van der Waals surface area (Å²) in [6, 6.07) is 6.40. The molecule has 1 fully saturated rings. The summed E-state index contributed by atoms with van der Waals surface area (Å²) in [4.78, 5) is 12.0. The smallest absolute Gasteiger partial charge is 0.227 e. The van der Waals surface area contributed by atoms with Crippen molar-refractivity contribution in [3.63, 3.8) is 0 Å². The first-order valence-electron chi connectivity index (χ1n) is 6.83. The van der Waals surface area contributed by atoms with Crippen LogP contribution in [-0.2, 0) is 17.6 Å². The molecule has 1 aromatic rings. The average Bonchev–Trinajstić information content (AvgIpc) is 2.80. The Hall–Kier alpha value is -2.02. The SMILES string of the molecule is N#CN[C@H]1C[C@H](C(=O)Nc2ccc3c(c2)CCC3)C1. The monoisotopic (exact) mass is 255 g/mol. The molecule has 0 radical (unpaired) electrons. The zero-order valence-corrected chi connectivity index (χ0v) is 10.8. The predicted octanol–water partition coefficient (Wildman–Crippen LogP) is 1.96. The molecule has 0 spiro atoms. The molecule has 0 aromatic heterocycles. The van der Waals surface area contributed by atoms with E-state index < -0.39 is 0 Å². The minimum Gasteiger partial charge on any atom is -0.326 e. The van der Waals surface area contributed by atoms with Gasteiger partial charge in [0.1, 0.15) is 0 Å². The van der Waals surface area contributed by atoms with Gasteiger partial charge in [0.05, 0.1) is 0 Å². The number of nitriles is 1. The van der Waals surface area contributed by atoms with Crippen LogP contribution < -0.4 is 10.6 Å². The highest BCUT2D eigenvalue weighted by Gasteiger charge is 2.34. The van der Waals surface area contributed by atoms with Gasteiger partial charge in [-0.1, -0.05) is 6.07 Å². The topological polar surface area (TPSA) is 64.9 Å². The number of hydrogen-bond acceptors (Lipinski definition) is 3. The van der Waals surface area contributed by atoms with Crippen LogP contribution in [0, 0.1) is 17.4 Å². The Bertz CT molecular complexity index is 541. The first-order valence-corrected chi connectivity index (χ1v) is 6.83. The Morgan fingerprint density at radius 3 is 2.84 bits per heavy atom. The fourth-order valence-corrected chi connectivity index (χ4v) is 2.93. The number of aryl methyl sites for hydroxylation is 2. The predicted molar refractivity (Wildman–Crippen MR) is 72.4 cm³/mol. The Morgan fingerprint density at radius 2 is 2.05 bits per heavy atom. The normalized spacial score (nSPS) is 23.9. The van der Waals surface area contributed by atoms with Gasteiger partial charge in [-0.25, -0.2) is 0 Å². The van der Waals surface area contributed by atoms with E-state index >= 15 is 0 Å². The van der Waals surface area contributed by atoms with Gasteiger partial charge in [0, 0.05) is 17.6 Å². The molecule has 19 heavy (non-hydrogen) atoms. The Morgan fingerprint density at radius 1 is 1.26 bits per heavy atom. The van der Waals surface area contributed by atoms with Crippen molar-refractivity contribution in [2.75, 3.05) is 5.32 Å². The summed E-state index contributed by atoms with van der Waals surface area (Å²) in [5, 5.41) is 14.2. The minimum atomic E-state index is 0.0408. The van der Waals surface area contributed by atoms with E-state index in [1.54, 1.807) is 0 Å². The van der Waals surface area contributed by atoms with Gasteiger partial charge in [0.15, 0.2) is 6.19 Å². The number of anilines is 1. The molecule has 1 aromatic carbocycles. The van der Waals surface area contributed by atoms with Gasteiger partial charge in [-0.15, -0.1) is 0 Å². The highest BCUT2D eigenvalue weighted by Crippen LogP contribution is 2.29. The molecule has 2 N–H and O–H groups in total. The largest absolute Gasteiger partial charge is 0.326 e. The second-order valence-electron chi connectivity index (χ2n) is 5.45. The van der Waals surface area contributed by atoms with Gasteiger partial charge in [-0.05, 0) is 55.4 Å². The standard InChI is InChI=1S/C15H17N3O/c16-9-17-14-7-12(8-14)15(19)18-13-5-4-10-2-1-3-11(10)6-13/h4-6,12,14,17H,1-3,7-8H2,(H,18,19)/t12-,14-. The van der Waals surface area contributed by atoms with Gasteiger partial charge >= 0.3 is 0 Å². The summed E-state index contributed by atoms with van der Waals surface area (Å²) in [6.07, 6.45) is 6.94. The van der Waals surface area contributed by atoms with Crippen LogP contribution in [0.1, 0.15) is 30.4 Å². The molecule has 4 nitrogen and oxygen atoms in total. The first kappa shape index (κ1) is 12.0. The number of hydrogen-bond donors (Lipinski definition) is 2. The summed E-state index contributed by atoms with van der Waals surface area (Å²) >= 11 is 0. The van der Waals surface area contributed by atoms with Gasteiger partial charge in [-0.3, -0.25) is 4.79 Å². The number of benzene rings is 1. The first-order chi connectivity index (χ1) is 9.26. The lowest BCUT2D eigenvalue weighted by Crippen LogP contribution is -2.44. The third kappa shape index (κ3) is 2.41. The molecular weight excluding hydrogens is 238 g/mol. The molecule has 2 aliphatic carbocycles. The van der Waals surface area contributed by atoms with E-state index in [1.807, 2.05) is 12.3 Å². The number of carbonyl (C=O) groups excluding carboxylic acids is 1. The number of amides is 1. The maximum absolute atomic E-state index is 12.0. The quantitative estimate of drug-likeness (QED) is 0.641. The number of nitrogens with one attached hydrogen (secondary N) is 2. The van der Waals surface area contributed by atoms with Crippen LogP contribution in [0.3, 0.4) is 0 Å². The lowest BCUT2D eigenvalue weighted by atomic mass is 9.79. The van der Waals surface area contributed by atoms with Crippen molar-refractivity contribution in [3.05, 3.63) is 29.3 Å². The highest BCUT2D eigenvalue weighted by atomic mass is 16.1. The van der Waals surface area contributed by atoms with Crippen LogP contribution in [0.5, 0.6) is 0 Å². The van der Waals surface area contributed by atoms with E-state index in [-0.39, 0.29) is 17.9 Å². The third-order valence-electron chi connectivity index (χ3n) is 4.14. The molecule has 98 valence electrons. The van der Waals surface area contributed by atoms with E-state index in [0.717, 1.165) is 31.4 Å². The highest BCUT2D eigenvalue weighted by molar-refractivity contribution is 5.93. The van der Waals surface area contributed by atoms with Gasteiger partial charge in [0.2, 0.25) is 5.91 Å². The Balaban J connectivity index is 1.57. The van der Waals surface area contributed by atoms with Gasteiger partial charge in [0.25, 0.3) is 0 Å². The molecule has 0 atom stereocenters. The second kappa shape index (κ2) is 4.93. The third-order valence-corrected chi connectivity index (χ3v) is 4.14. The van der Waals surface area contributed by atoms with Crippen molar-refractivity contribution in [3.8, 4) is 6.19 Å². The molecule has 0 aliphatic heterocycles. The summed E-state index contributed by atoms with van der Waals surface area (Å²) < 4.78 is 0. The van der Waals surface area contributed by atoms with Gasteiger partial charge < -0.3 is 10.6 Å². The maximum atomic E-state index is 12.0. The number of carbonyl (C=O) groups is 1. The van der Waals surface area contributed by atoms with E-state index in [2.05, 4.69) is 22.8 Å². The van der Waals surface area contributed by atoms with Crippen LogP contribution in [0.25, 0.3) is 0 Å². The summed E-state index contributed by atoms with van der Waals surface area (Å²) in [5.74, 6) is 0.119. The molecular formula is C15H17N3O. The average molecular weight is 255 g/mol. The molecule has 0 heterocycles. The fraction of sp³-hybridized carbons (Fsp3) is 0.467. The molecule has 3 rings (SSSR count). The number of nitrogens with zero attached hydrogens (tertiary/aromatic N) is 1. The van der Waals surface area contributed by atoms with Crippen LogP contribution in [0.2, 0.25) is 0 Å². The molecule has 0 bridgehead atoms. The zero-order chi connectivity index (χ0) is 13.2. The molecule has 0 unspecified atom stereocenters. The summed E-state index contributed by atoms with van der Waals surface area (Å²) in [7, 11) is 0. The second-order valence-corrected chi connectivity index (χ2v) is 5.45. The summed E-state index contributed by atoms with van der Waals surface area (Å²) in [5.41, 5.74) is 3.69. The maximum Gasteiger partial charge on any atom is 0.227 e. The van der Waals surface area contributed by atoms with Crippen molar-refractivity contribution >= 4 is 11.6 Å². The number of fused-ring (bicyclic) bond motifs is 1. The lowest BCUT2D eigenvalue weighted by Gasteiger charge is -2.33. The van der Waals surface area contributed by atoms with E-state index in [9.17, 15) is 4.79 Å². The lowest BCUT2D eigenvalue weighted by molar-refractivity contribution is -0.122. The fourth-order valence-electron chi connectivity index (χ4n) is 2.93. The molecule has 2 aliphatic rings. The van der Waals surface area contributed by atoms with Crippen molar-refractivity contribution < 1.29 is 4.79 Å². The van der Waals surface area contributed by atoms with Crippen molar-refractivity contribution in [2.24, 2.45) is 5.92 Å². The van der Waals surface area contributed by atoms with E-state index in [0.29, 0.717) is 0 Å². The summed E-state index contributed by atoms with van der Waals surface area (Å²) in [6.45, 7) is 0. The minimum absolute atomic E-state index is 0.0408. The van der Waals surface area contributed by atoms with E-state index in [1.165, 1.54) is 17.5 Å². The van der Waals surface area contributed by atoms with Crippen LogP contribution in [0.4, 0.5) is 5.69 Å². The molecule has 4 heteroatoms. The molecule has 0 saturated heterocycles. The van der Waals surface area contributed by atoms with Crippen molar-refractivity contribution in [2.45, 2.75) is 38.1 Å². The van der Waals surface area contributed by atoms with Crippen molar-refractivity contribution in [1.29, 1.82) is 5.26 Å². The number of rotatable bonds is 3. The van der Waals surface area contributed by atoms with Crippen LogP contribution in [-0.4, -0.2) is 11.9 Å². The van der Waals surface area contributed by atoms with E-state index in [4.69, 9.17) is 5.26 Å². The molecule has 1 saturated carbocycles.